The maximum absolute atomic E-state index is 13.0. The molecule has 3 aliphatic rings. The molecule has 2 heterocycles. The number of nitrogens with zero attached hydrogens (tertiary/aromatic N) is 4. The van der Waals surface area contributed by atoms with Crippen LogP contribution in [0.25, 0.3) is 0 Å². The molecule has 1 aromatic carbocycles. The van der Waals surface area contributed by atoms with E-state index in [1.54, 1.807) is 0 Å². The Balaban J connectivity index is 1.46. The van der Waals surface area contributed by atoms with E-state index < -0.39 is 0 Å². The van der Waals surface area contributed by atoms with E-state index in [0.29, 0.717) is 18.6 Å². The fraction of sp³-hybridized carbons (Fsp3) is 0.571. The molecule has 1 saturated carbocycles. The van der Waals surface area contributed by atoms with Crippen molar-refractivity contribution in [2.45, 2.75) is 39.5 Å². The number of aryl methyl sites for hydroxylation is 2. The summed E-state index contributed by atoms with van der Waals surface area (Å²) in [6, 6.07) is 5.97. The number of carbonyl (C=O) groups is 2. The second-order valence-electron chi connectivity index (χ2n) is 8.08. The van der Waals surface area contributed by atoms with Gasteiger partial charge in [0, 0.05) is 45.6 Å². The number of amides is 2. The Kier molecular flexibility index (Phi) is 5.00. The van der Waals surface area contributed by atoms with Gasteiger partial charge in [-0.15, -0.1) is 0 Å². The third-order valence-electron chi connectivity index (χ3n) is 5.75. The molecule has 2 amide bonds. The molecular formula is C21H28N4O2. The predicted molar refractivity (Wildman–Crippen MR) is 106 cm³/mol. The van der Waals surface area contributed by atoms with Crippen molar-refractivity contribution in [3.8, 4) is 0 Å². The van der Waals surface area contributed by atoms with Gasteiger partial charge in [0.25, 0.3) is 5.91 Å². The number of hydrazone groups is 1. The highest BCUT2D eigenvalue weighted by molar-refractivity contribution is 6.40. The highest BCUT2D eigenvalue weighted by Gasteiger charge is 2.32. The summed E-state index contributed by atoms with van der Waals surface area (Å²) >= 11 is 0. The van der Waals surface area contributed by atoms with Crippen molar-refractivity contribution in [1.29, 1.82) is 0 Å². The van der Waals surface area contributed by atoms with Crippen LogP contribution in [0.15, 0.2) is 23.3 Å². The van der Waals surface area contributed by atoms with E-state index in [2.05, 4.69) is 10.0 Å². The largest absolute Gasteiger partial charge is 0.335 e. The number of benzene rings is 1. The molecule has 6 nitrogen and oxygen atoms in total. The Morgan fingerprint density at radius 2 is 1.85 bits per heavy atom. The maximum atomic E-state index is 13.0. The summed E-state index contributed by atoms with van der Waals surface area (Å²) in [6.45, 7) is 8.52. The molecule has 0 N–H and O–H groups in total. The first-order valence-electron chi connectivity index (χ1n) is 10.0. The molecule has 2 aliphatic heterocycles. The molecule has 0 spiro atoms. The van der Waals surface area contributed by atoms with Crippen molar-refractivity contribution in [1.82, 2.24) is 9.80 Å². The van der Waals surface area contributed by atoms with Crippen LogP contribution in [0.5, 0.6) is 0 Å². The first-order chi connectivity index (χ1) is 13.0. The highest BCUT2D eigenvalue weighted by Crippen LogP contribution is 2.30. The van der Waals surface area contributed by atoms with Crippen LogP contribution in [0, 0.1) is 19.8 Å². The van der Waals surface area contributed by atoms with Gasteiger partial charge < -0.3 is 4.90 Å². The summed E-state index contributed by atoms with van der Waals surface area (Å²) in [6.07, 6.45) is 3.48. The van der Waals surface area contributed by atoms with Gasteiger partial charge in [-0.2, -0.15) is 5.10 Å². The summed E-state index contributed by atoms with van der Waals surface area (Å²) < 4.78 is 0. The second-order valence-corrected chi connectivity index (χ2v) is 8.08. The quantitative estimate of drug-likeness (QED) is 0.820. The maximum Gasteiger partial charge on any atom is 0.270 e. The van der Waals surface area contributed by atoms with Gasteiger partial charge in [0.1, 0.15) is 5.71 Å². The molecule has 0 aromatic heterocycles. The zero-order chi connectivity index (χ0) is 19.0. The lowest BCUT2D eigenvalue weighted by Crippen LogP contribution is -2.51. The van der Waals surface area contributed by atoms with Crippen LogP contribution in [-0.2, 0) is 9.59 Å². The van der Waals surface area contributed by atoms with Crippen molar-refractivity contribution < 1.29 is 9.59 Å². The molecule has 1 aromatic rings. The van der Waals surface area contributed by atoms with Crippen molar-refractivity contribution in [2.24, 2.45) is 11.0 Å². The van der Waals surface area contributed by atoms with E-state index in [-0.39, 0.29) is 11.8 Å². The molecule has 144 valence electrons. The standard InChI is InChI=1S/C21H28N4O2/c1-15-3-4-16(2)19(13-15)25-20(26)8-7-18(22-25)21(27)24-11-9-23(10-12-24)14-17-5-6-17/h3-4,13,17H,5-12,14H2,1-2H3. The molecular weight excluding hydrogens is 340 g/mol. The Hall–Kier alpha value is -2.21. The lowest BCUT2D eigenvalue weighted by Gasteiger charge is -2.35. The number of carbonyl (C=O) groups excluding carboxylic acids is 2. The Morgan fingerprint density at radius 3 is 2.56 bits per heavy atom. The zero-order valence-electron chi connectivity index (χ0n) is 16.3. The normalized spacial score (nSPS) is 21.4. The molecule has 6 heteroatoms. The molecule has 1 saturated heterocycles. The number of anilines is 1. The Labute approximate surface area is 160 Å². The van der Waals surface area contributed by atoms with Gasteiger partial charge in [0.15, 0.2) is 0 Å². The lowest BCUT2D eigenvalue weighted by molar-refractivity contribution is -0.126. The van der Waals surface area contributed by atoms with E-state index in [9.17, 15) is 9.59 Å². The van der Waals surface area contributed by atoms with Crippen LogP contribution in [0.1, 0.15) is 36.8 Å². The van der Waals surface area contributed by atoms with Crippen LogP contribution < -0.4 is 5.01 Å². The van der Waals surface area contributed by atoms with Crippen LogP contribution in [0.2, 0.25) is 0 Å². The smallest absolute Gasteiger partial charge is 0.270 e. The van der Waals surface area contributed by atoms with E-state index in [1.807, 2.05) is 36.9 Å². The first-order valence-corrected chi connectivity index (χ1v) is 10.0. The van der Waals surface area contributed by atoms with E-state index in [0.717, 1.165) is 48.9 Å². The van der Waals surface area contributed by atoms with E-state index in [1.165, 1.54) is 24.4 Å². The summed E-state index contributed by atoms with van der Waals surface area (Å²) in [4.78, 5) is 29.8. The van der Waals surface area contributed by atoms with Gasteiger partial charge in [0.2, 0.25) is 5.91 Å². The van der Waals surface area contributed by atoms with Crippen LogP contribution in [0.4, 0.5) is 5.69 Å². The van der Waals surface area contributed by atoms with Gasteiger partial charge in [-0.3, -0.25) is 14.5 Å². The van der Waals surface area contributed by atoms with Crippen molar-refractivity contribution in [2.75, 3.05) is 37.7 Å². The number of piperazine rings is 1. The molecule has 0 atom stereocenters. The minimum Gasteiger partial charge on any atom is -0.335 e. The van der Waals surface area contributed by atoms with Gasteiger partial charge in [-0.1, -0.05) is 12.1 Å². The highest BCUT2D eigenvalue weighted by atomic mass is 16.2. The minimum atomic E-state index is -0.0468. The van der Waals surface area contributed by atoms with Crippen LogP contribution in [-0.4, -0.2) is 60.0 Å². The zero-order valence-corrected chi connectivity index (χ0v) is 16.3. The number of hydrogen-bond donors (Lipinski definition) is 0. The fourth-order valence-electron chi connectivity index (χ4n) is 3.82. The van der Waals surface area contributed by atoms with Crippen LogP contribution in [0.3, 0.4) is 0 Å². The first kappa shape index (κ1) is 18.2. The number of hydrogen-bond acceptors (Lipinski definition) is 4. The average Bonchev–Trinajstić information content (AvgIpc) is 3.48. The third kappa shape index (κ3) is 4.05. The Morgan fingerprint density at radius 1 is 1.11 bits per heavy atom. The summed E-state index contributed by atoms with van der Waals surface area (Å²) in [5.41, 5.74) is 3.34. The molecule has 1 aliphatic carbocycles. The summed E-state index contributed by atoms with van der Waals surface area (Å²) in [7, 11) is 0. The van der Waals surface area contributed by atoms with E-state index in [4.69, 9.17) is 0 Å². The third-order valence-corrected chi connectivity index (χ3v) is 5.75. The summed E-state index contributed by atoms with van der Waals surface area (Å²) in [5.74, 6) is 0.825. The van der Waals surface area contributed by atoms with Gasteiger partial charge in [-0.05, 0) is 49.8 Å². The second kappa shape index (κ2) is 7.43. The van der Waals surface area contributed by atoms with Crippen molar-refractivity contribution in [3.05, 3.63) is 29.3 Å². The van der Waals surface area contributed by atoms with Gasteiger partial charge in [0.05, 0.1) is 5.69 Å². The number of rotatable bonds is 4. The van der Waals surface area contributed by atoms with Crippen molar-refractivity contribution in [3.63, 3.8) is 0 Å². The molecule has 0 bridgehead atoms. The van der Waals surface area contributed by atoms with Gasteiger partial charge >= 0.3 is 0 Å². The topological polar surface area (TPSA) is 56.2 Å². The Bertz CT molecular complexity index is 776. The molecule has 27 heavy (non-hydrogen) atoms. The monoisotopic (exact) mass is 368 g/mol. The van der Waals surface area contributed by atoms with Crippen LogP contribution >= 0.6 is 0 Å². The summed E-state index contributed by atoms with van der Waals surface area (Å²) in [5, 5.41) is 5.92. The van der Waals surface area contributed by atoms with Gasteiger partial charge in [-0.25, -0.2) is 5.01 Å². The molecule has 0 radical (unpaired) electrons. The minimum absolute atomic E-state index is 0.0103. The van der Waals surface area contributed by atoms with E-state index >= 15 is 0 Å². The average molecular weight is 368 g/mol. The molecule has 2 fully saturated rings. The lowest BCUT2D eigenvalue weighted by atomic mass is 10.1. The fourth-order valence-corrected chi connectivity index (χ4v) is 3.82. The molecule has 0 unspecified atom stereocenters. The SMILES string of the molecule is Cc1ccc(C)c(N2N=C(C(=O)N3CCN(CC4CC4)CC3)CCC2=O)c1. The molecule has 4 rings (SSSR count). The van der Waals surface area contributed by atoms with Crippen molar-refractivity contribution >= 4 is 23.2 Å². The predicted octanol–water partition coefficient (Wildman–Crippen LogP) is 2.34.